The monoisotopic (exact) mass is 503 g/mol. The molecule has 4 rings (SSSR count). The first-order valence-electron chi connectivity index (χ1n) is 11.7. The Morgan fingerprint density at radius 3 is 2.74 bits per heavy atom. The summed E-state index contributed by atoms with van der Waals surface area (Å²) in [5, 5.41) is 6.34. The lowest BCUT2D eigenvalue weighted by Gasteiger charge is -2.29. The summed E-state index contributed by atoms with van der Waals surface area (Å²) in [6, 6.07) is 5.00. The van der Waals surface area contributed by atoms with E-state index in [0.717, 1.165) is 21.2 Å². The molecule has 0 aliphatic carbocycles. The maximum absolute atomic E-state index is 13.0. The van der Waals surface area contributed by atoms with Gasteiger partial charge >= 0.3 is 0 Å². The maximum atomic E-state index is 13.0. The Labute approximate surface area is 206 Å². The number of hydrogen-bond acceptors (Lipinski definition) is 7. The molecule has 2 aromatic rings. The molecule has 1 saturated heterocycles. The van der Waals surface area contributed by atoms with E-state index >= 15 is 0 Å². The van der Waals surface area contributed by atoms with E-state index in [1.807, 2.05) is 18.2 Å². The van der Waals surface area contributed by atoms with Gasteiger partial charge in [0.2, 0.25) is 5.91 Å². The van der Waals surface area contributed by atoms with Gasteiger partial charge in [0.1, 0.15) is 11.5 Å². The van der Waals surface area contributed by atoms with E-state index in [-0.39, 0.29) is 47.7 Å². The molecule has 2 aliphatic heterocycles. The summed E-state index contributed by atoms with van der Waals surface area (Å²) in [5.41, 5.74) is 1.97. The minimum Gasteiger partial charge on any atom is -0.493 e. The van der Waals surface area contributed by atoms with Crippen LogP contribution in [0.2, 0.25) is 0 Å². The summed E-state index contributed by atoms with van der Waals surface area (Å²) in [5.74, 6) is 0.225. The van der Waals surface area contributed by atoms with Crippen molar-refractivity contribution >= 4 is 21.7 Å². The third kappa shape index (κ3) is 5.91. The zero-order valence-corrected chi connectivity index (χ0v) is 21.4. The maximum Gasteiger partial charge on any atom is 0.262 e. The van der Waals surface area contributed by atoms with Gasteiger partial charge in [-0.3, -0.25) is 9.59 Å². The molecule has 1 amide bonds. The molecule has 2 N–H and O–H groups in total. The van der Waals surface area contributed by atoms with Gasteiger partial charge in [-0.25, -0.2) is 13.4 Å². The molecular formula is C24H33N5O5S. The van der Waals surface area contributed by atoms with E-state index in [1.165, 1.54) is 17.1 Å². The standard InChI is InChI=1S/C24H33N5O5S/c1-24(2,3)26-12-16-5-6-19-20(7-8-34-21(19)9-16)27-22(31)11-17-10-18(30)13-29(17)35(32,33)23-14-28(4)15-25-23/h5-6,9,14-15,17,20,26H,7-8,10-13H2,1-4H3,(H,27,31)/t17-,20+/m0/s1. The predicted octanol–water partition coefficient (Wildman–Crippen LogP) is 1.67. The molecule has 3 heterocycles. The lowest BCUT2D eigenvalue weighted by molar-refractivity contribution is -0.122. The fraction of sp³-hybridized carbons (Fsp3) is 0.542. The Morgan fingerprint density at radius 2 is 2.06 bits per heavy atom. The van der Waals surface area contributed by atoms with Gasteiger partial charge < -0.3 is 19.9 Å². The van der Waals surface area contributed by atoms with Crippen molar-refractivity contribution in [3.8, 4) is 5.75 Å². The van der Waals surface area contributed by atoms with Gasteiger partial charge in [-0.1, -0.05) is 12.1 Å². The van der Waals surface area contributed by atoms with Crippen LogP contribution in [0.15, 0.2) is 35.7 Å². The molecule has 2 aliphatic rings. The normalized spacial score (nSPS) is 21.0. The summed E-state index contributed by atoms with van der Waals surface area (Å²) in [6.45, 7) is 7.24. The number of imidazole rings is 1. The summed E-state index contributed by atoms with van der Waals surface area (Å²) < 4.78 is 34.5. The highest BCUT2D eigenvalue weighted by atomic mass is 32.2. The lowest BCUT2D eigenvalue weighted by atomic mass is 9.98. The minimum absolute atomic E-state index is 0.00711. The van der Waals surface area contributed by atoms with E-state index in [2.05, 4.69) is 36.4 Å². The first kappa shape index (κ1) is 25.3. The molecule has 0 bridgehead atoms. The van der Waals surface area contributed by atoms with Crippen molar-refractivity contribution in [2.45, 2.75) is 69.2 Å². The number of fused-ring (bicyclic) bond motifs is 1. The number of sulfonamides is 1. The summed E-state index contributed by atoms with van der Waals surface area (Å²) >= 11 is 0. The molecule has 0 spiro atoms. The van der Waals surface area contributed by atoms with Crippen LogP contribution in [0.5, 0.6) is 5.75 Å². The van der Waals surface area contributed by atoms with Crippen molar-refractivity contribution in [2.75, 3.05) is 13.2 Å². The van der Waals surface area contributed by atoms with Crippen LogP contribution in [0.1, 0.15) is 57.2 Å². The van der Waals surface area contributed by atoms with Crippen LogP contribution in [0, 0.1) is 0 Å². The fourth-order valence-corrected chi connectivity index (χ4v) is 5.93. The van der Waals surface area contributed by atoms with Gasteiger partial charge in [0, 0.05) is 56.2 Å². The van der Waals surface area contributed by atoms with Gasteiger partial charge in [0.15, 0.2) is 5.03 Å². The third-order valence-corrected chi connectivity index (χ3v) is 7.94. The number of ether oxygens (including phenoxy) is 1. The van der Waals surface area contributed by atoms with E-state index in [1.54, 1.807) is 7.05 Å². The number of amides is 1. The Bertz CT molecular complexity index is 1220. The quantitative estimate of drug-likeness (QED) is 0.589. The Kier molecular flexibility index (Phi) is 7.03. The Morgan fingerprint density at radius 1 is 1.29 bits per heavy atom. The van der Waals surface area contributed by atoms with E-state index < -0.39 is 16.1 Å². The van der Waals surface area contributed by atoms with Crippen LogP contribution in [0.4, 0.5) is 0 Å². The average molecular weight is 504 g/mol. The van der Waals surface area contributed by atoms with Crippen molar-refractivity contribution in [3.05, 3.63) is 41.9 Å². The first-order valence-corrected chi connectivity index (χ1v) is 13.2. The summed E-state index contributed by atoms with van der Waals surface area (Å²) in [4.78, 5) is 29.0. The average Bonchev–Trinajstić information content (AvgIpc) is 3.38. The fourth-order valence-electron chi connectivity index (χ4n) is 4.36. The van der Waals surface area contributed by atoms with Crippen LogP contribution in [0.25, 0.3) is 0 Å². The highest BCUT2D eigenvalue weighted by Crippen LogP contribution is 2.33. The molecule has 1 aromatic carbocycles. The second kappa shape index (κ2) is 9.71. The second-order valence-corrected chi connectivity index (χ2v) is 12.1. The van der Waals surface area contributed by atoms with Gasteiger partial charge in [0.25, 0.3) is 10.0 Å². The second-order valence-electron chi connectivity index (χ2n) is 10.3. The lowest BCUT2D eigenvalue weighted by Crippen LogP contribution is -2.40. The number of rotatable bonds is 7. The van der Waals surface area contributed by atoms with Crippen LogP contribution in [0.3, 0.4) is 0 Å². The molecule has 0 unspecified atom stereocenters. The van der Waals surface area contributed by atoms with Crippen LogP contribution in [-0.2, 0) is 33.2 Å². The number of carbonyl (C=O) groups is 2. The number of Topliss-reactive ketones (excluding diaryl/α,β-unsaturated/α-hetero) is 1. The first-order chi connectivity index (χ1) is 16.4. The summed E-state index contributed by atoms with van der Waals surface area (Å²) in [7, 11) is -2.31. The molecule has 190 valence electrons. The molecule has 11 heteroatoms. The largest absolute Gasteiger partial charge is 0.493 e. The van der Waals surface area contributed by atoms with E-state index in [9.17, 15) is 18.0 Å². The molecule has 0 radical (unpaired) electrons. The SMILES string of the molecule is Cn1cnc(S(=O)(=O)N2CC(=O)C[C@H]2CC(=O)N[C@@H]2CCOc3cc(CNC(C)(C)C)ccc32)c1. The topological polar surface area (TPSA) is 123 Å². The van der Waals surface area contributed by atoms with Crippen LogP contribution < -0.4 is 15.4 Å². The number of carbonyl (C=O) groups excluding carboxylic acids is 2. The molecular weight excluding hydrogens is 470 g/mol. The highest BCUT2D eigenvalue weighted by molar-refractivity contribution is 7.89. The van der Waals surface area contributed by atoms with Crippen molar-refractivity contribution in [2.24, 2.45) is 7.05 Å². The van der Waals surface area contributed by atoms with Crippen LogP contribution in [-0.4, -0.2) is 58.7 Å². The minimum atomic E-state index is -3.97. The number of aromatic nitrogens is 2. The van der Waals surface area contributed by atoms with Crippen molar-refractivity contribution < 1.29 is 22.7 Å². The number of hydrogen-bond donors (Lipinski definition) is 2. The van der Waals surface area contributed by atoms with Gasteiger partial charge in [0.05, 0.1) is 25.5 Å². The zero-order chi connectivity index (χ0) is 25.4. The predicted molar refractivity (Wildman–Crippen MR) is 129 cm³/mol. The summed E-state index contributed by atoms with van der Waals surface area (Å²) in [6.07, 6.45) is 3.29. The number of nitrogens with zero attached hydrogens (tertiary/aromatic N) is 3. The molecule has 35 heavy (non-hydrogen) atoms. The molecule has 1 aromatic heterocycles. The smallest absolute Gasteiger partial charge is 0.262 e. The van der Waals surface area contributed by atoms with Crippen LogP contribution >= 0.6 is 0 Å². The number of aryl methyl sites for hydroxylation is 1. The van der Waals surface area contributed by atoms with Gasteiger partial charge in [-0.15, -0.1) is 0 Å². The zero-order valence-electron chi connectivity index (χ0n) is 20.6. The number of ketones is 1. The molecule has 1 fully saturated rings. The number of nitrogens with one attached hydrogen (secondary N) is 2. The number of benzene rings is 1. The van der Waals surface area contributed by atoms with E-state index in [4.69, 9.17) is 4.74 Å². The Hall–Kier alpha value is -2.76. The van der Waals surface area contributed by atoms with Crippen molar-refractivity contribution in [3.63, 3.8) is 0 Å². The third-order valence-electron chi connectivity index (χ3n) is 6.15. The highest BCUT2D eigenvalue weighted by Gasteiger charge is 2.41. The molecule has 2 atom stereocenters. The van der Waals surface area contributed by atoms with Crippen molar-refractivity contribution in [1.82, 2.24) is 24.5 Å². The molecule has 10 nitrogen and oxygen atoms in total. The van der Waals surface area contributed by atoms with Gasteiger partial charge in [-0.05, 0) is 32.4 Å². The Balaban J connectivity index is 1.43. The van der Waals surface area contributed by atoms with Crippen molar-refractivity contribution in [1.29, 1.82) is 0 Å². The van der Waals surface area contributed by atoms with E-state index in [0.29, 0.717) is 19.6 Å². The van der Waals surface area contributed by atoms with Gasteiger partial charge in [-0.2, -0.15) is 4.31 Å². The molecule has 0 saturated carbocycles.